The molecule has 0 saturated carbocycles. The fraction of sp³-hybridized carbons (Fsp3) is 0.250. The van der Waals surface area contributed by atoms with Gasteiger partial charge in [-0.05, 0) is 25.1 Å². The molecule has 0 aliphatic rings. The smallest absolute Gasteiger partial charge is 0.129 e. The number of thiazole rings is 1. The van der Waals surface area contributed by atoms with Gasteiger partial charge in [-0.15, -0.1) is 11.3 Å². The van der Waals surface area contributed by atoms with Crippen molar-refractivity contribution in [2.75, 3.05) is 7.05 Å². The lowest BCUT2D eigenvalue weighted by molar-refractivity contribution is 0.535. The number of benzene rings is 1. The predicted molar refractivity (Wildman–Crippen MR) is 64.0 cm³/mol. The first-order chi connectivity index (χ1) is 8.20. The summed E-state index contributed by atoms with van der Waals surface area (Å²) in [6.07, 6.45) is 0.451. The molecule has 2 nitrogen and oxygen atoms in total. The molecule has 1 atom stereocenters. The first-order valence-electron chi connectivity index (χ1n) is 5.20. The van der Waals surface area contributed by atoms with Gasteiger partial charge in [0.15, 0.2) is 0 Å². The van der Waals surface area contributed by atoms with E-state index in [1.807, 2.05) is 5.38 Å². The number of halogens is 2. The Morgan fingerprint density at radius 2 is 2.24 bits per heavy atom. The van der Waals surface area contributed by atoms with Crippen molar-refractivity contribution >= 4 is 11.3 Å². The maximum absolute atomic E-state index is 13.5. The highest BCUT2D eigenvalue weighted by Gasteiger charge is 2.14. The number of likely N-dealkylation sites (N-methyl/N-ethyl adjacent to an activating group) is 1. The van der Waals surface area contributed by atoms with Crippen LogP contribution in [0.2, 0.25) is 0 Å². The third kappa shape index (κ3) is 2.87. The molecule has 0 aliphatic carbocycles. The lowest BCUT2D eigenvalue weighted by Gasteiger charge is -2.14. The topological polar surface area (TPSA) is 24.9 Å². The molecule has 2 aromatic rings. The van der Waals surface area contributed by atoms with E-state index in [0.29, 0.717) is 12.0 Å². The zero-order valence-electron chi connectivity index (χ0n) is 9.28. The van der Waals surface area contributed by atoms with Crippen LogP contribution in [0.4, 0.5) is 8.78 Å². The fourth-order valence-corrected chi connectivity index (χ4v) is 2.26. The van der Waals surface area contributed by atoms with Gasteiger partial charge in [-0.3, -0.25) is 0 Å². The van der Waals surface area contributed by atoms with E-state index in [-0.39, 0.29) is 6.04 Å². The van der Waals surface area contributed by atoms with Crippen molar-refractivity contribution in [3.05, 3.63) is 52.0 Å². The van der Waals surface area contributed by atoms with E-state index in [9.17, 15) is 8.78 Å². The van der Waals surface area contributed by atoms with Crippen molar-refractivity contribution in [3.8, 4) is 0 Å². The van der Waals surface area contributed by atoms with Crippen LogP contribution >= 0.6 is 11.3 Å². The zero-order valence-corrected chi connectivity index (χ0v) is 10.1. The summed E-state index contributed by atoms with van der Waals surface area (Å²) in [4.78, 5) is 4.19. The van der Waals surface area contributed by atoms with E-state index in [0.717, 1.165) is 11.8 Å². The normalized spacial score (nSPS) is 12.6. The van der Waals surface area contributed by atoms with Crippen molar-refractivity contribution in [2.45, 2.75) is 12.5 Å². The van der Waals surface area contributed by atoms with Crippen LogP contribution in [0.15, 0.2) is 29.1 Å². The van der Waals surface area contributed by atoms with Crippen molar-refractivity contribution < 1.29 is 8.78 Å². The van der Waals surface area contributed by atoms with Crippen molar-refractivity contribution in [1.29, 1.82) is 0 Å². The lowest BCUT2D eigenvalue weighted by atomic mass is 10.0. The first kappa shape index (κ1) is 12.1. The minimum Gasteiger partial charge on any atom is -0.311 e. The molecule has 0 bridgehead atoms. The Labute approximate surface area is 102 Å². The largest absolute Gasteiger partial charge is 0.311 e. The molecule has 5 heteroatoms. The van der Waals surface area contributed by atoms with Gasteiger partial charge in [0.2, 0.25) is 0 Å². The molecule has 0 amide bonds. The number of nitrogens with one attached hydrogen (secondary N) is 1. The highest BCUT2D eigenvalue weighted by Crippen LogP contribution is 2.20. The molecule has 1 N–H and O–H groups in total. The summed E-state index contributed by atoms with van der Waals surface area (Å²) >= 11 is 1.50. The zero-order chi connectivity index (χ0) is 12.3. The molecule has 1 heterocycles. The summed E-state index contributed by atoms with van der Waals surface area (Å²) in [6.45, 7) is 0. The summed E-state index contributed by atoms with van der Waals surface area (Å²) in [5.74, 6) is -1.07. The van der Waals surface area contributed by atoms with Gasteiger partial charge in [-0.1, -0.05) is 6.07 Å². The van der Waals surface area contributed by atoms with Crippen LogP contribution in [0, 0.1) is 11.6 Å². The molecule has 17 heavy (non-hydrogen) atoms. The summed E-state index contributed by atoms with van der Waals surface area (Å²) in [5.41, 5.74) is 3.10. The number of hydrogen-bond donors (Lipinski definition) is 1. The van der Waals surface area contributed by atoms with Gasteiger partial charge in [-0.2, -0.15) is 0 Å². The third-order valence-corrected chi connectivity index (χ3v) is 3.20. The summed E-state index contributed by atoms with van der Waals surface area (Å²) in [7, 11) is 1.80. The van der Waals surface area contributed by atoms with Crippen LogP contribution < -0.4 is 5.32 Å². The lowest BCUT2D eigenvalue weighted by Crippen LogP contribution is -2.19. The molecular weight excluding hydrogens is 242 g/mol. The summed E-state index contributed by atoms with van der Waals surface area (Å²) < 4.78 is 26.3. The molecule has 1 aromatic carbocycles. The van der Waals surface area contributed by atoms with Crippen molar-refractivity contribution in [2.24, 2.45) is 0 Å². The van der Waals surface area contributed by atoms with Gasteiger partial charge in [0.05, 0.1) is 17.2 Å². The van der Waals surface area contributed by atoms with Gasteiger partial charge in [0, 0.05) is 11.4 Å². The SMILES string of the molecule is CNC(Cc1ccc(F)cc1F)c1cscn1. The minimum absolute atomic E-state index is 0.0544. The van der Waals surface area contributed by atoms with Crippen LogP contribution in [0.1, 0.15) is 17.3 Å². The maximum atomic E-state index is 13.5. The van der Waals surface area contributed by atoms with Gasteiger partial charge < -0.3 is 5.32 Å². The van der Waals surface area contributed by atoms with Gasteiger partial charge in [-0.25, -0.2) is 13.8 Å². The molecule has 1 aromatic heterocycles. The third-order valence-electron chi connectivity index (χ3n) is 2.60. The molecule has 0 saturated heterocycles. The van der Waals surface area contributed by atoms with Crippen LogP contribution in [0.5, 0.6) is 0 Å². The molecule has 0 radical (unpaired) electrons. The Hall–Kier alpha value is -1.33. The summed E-state index contributed by atoms with van der Waals surface area (Å²) in [6, 6.07) is 3.60. The Morgan fingerprint density at radius 1 is 1.41 bits per heavy atom. The van der Waals surface area contributed by atoms with Gasteiger partial charge >= 0.3 is 0 Å². The molecule has 0 fully saturated rings. The second-order valence-electron chi connectivity index (χ2n) is 3.69. The fourth-order valence-electron chi connectivity index (χ4n) is 1.66. The highest BCUT2D eigenvalue weighted by molar-refractivity contribution is 7.07. The predicted octanol–water partition coefficient (Wildman–Crippen LogP) is 2.92. The Balaban J connectivity index is 2.19. The average molecular weight is 254 g/mol. The molecule has 2 rings (SSSR count). The van der Waals surface area contributed by atoms with Crippen molar-refractivity contribution in [3.63, 3.8) is 0 Å². The van der Waals surface area contributed by atoms with Crippen molar-refractivity contribution in [1.82, 2.24) is 10.3 Å². The number of nitrogens with zero attached hydrogens (tertiary/aromatic N) is 1. The second kappa shape index (κ2) is 5.33. The maximum Gasteiger partial charge on any atom is 0.129 e. The molecule has 1 unspecified atom stereocenters. The average Bonchev–Trinajstić information content (AvgIpc) is 2.81. The molecule has 0 aliphatic heterocycles. The molecule has 0 spiro atoms. The van der Waals surface area contributed by atoms with Crippen LogP contribution in [-0.4, -0.2) is 12.0 Å². The minimum atomic E-state index is -0.555. The van der Waals surface area contributed by atoms with E-state index in [1.165, 1.54) is 23.5 Å². The van der Waals surface area contributed by atoms with E-state index in [2.05, 4.69) is 10.3 Å². The number of aromatic nitrogens is 1. The Bertz CT molecular complexity index is 485. The summed E-state index contributed by atoms with van der Waals surface area (Å²) in [5, 5.41) is 5.00. The highest BCUT2D eigenvalue weighted by atomic mass is 32.1. The molecular formula is C12H12F2N2S. The van der Waals surface area contributed by atoms with E-state index < -0.39 is 11.6 Å². The van der Waals surface area contributed by atoms with Crippen LogP contribution in [0.25, 0.3) is 0 Å². The standard InChI is InChI=1S/C12H12F2N2S/c1-15-11(12-6-17-7-16-12)4-8-2-3-9(13)5-10(8)14/h2-3,5-7,11,15H,4H2,1H3. The van der Waals surface area contributed by atoms with Gasteiger partial charge in [0.25, 0.3) is 0 Å². The van der Waals surface area contributed by atoms with E-state index in [4.69, 9.17) is 0 Å². The second-order valence-corrected chi connectivity index (χ2v) is 4.41. The Morgan fingerprint density at radius 3 is 2.82 bits per heavy atom. The molecule has 90 valence electrons. The van der Waals surface area contributed by atoms with E-state index >= 15 is 0 Å². The first-order valence-corrected chi connectivity index (χ1v) is 6.14. The monoisotopic (exact) mass is 254 g/mol. The number of hydrogen-bond acceptors (Lipinski definition) is 3. The number of rotatable bonds is 4. The van der Waals surface area contributed by atoms with Crippen LogP contribution in [0.3, 0.4) is 0 Å². The quantitative estimate of drug-likeness (QED) is 0.907. The Kier molecular flexibility index (Phi) is 3.81. The van der Waals surface area contributed by atoms with Crippen LogP contribution in [-0.2, 0) is 6.42 Å². The van der Waals surface area contributed by atoms with E-state index in [1.54, 1.807) is 12.6 Å². The van der Waals surface area contributed by atoms with Gasteiger partial charge in [0.1, 0.15) is 11.6 Å².